The van der Waals surface area contributed by atoms with Crippen molar-refractivity contribution in [2.45, 2.75) is 56.8 Å². The zero-order valence-electron chi connectivity index (χ0n) is 16.7. The monoisotopic (exact) mass is 372 g/mol. The molecule has 1 aliphatic carbocycles. The number of hydrogen-bond acceptors (Lipinski definition) is 0. The van der Waals surface area contributed by atoms with Gasteiger partial charge in [0.2, 0.25) is 0 Å². The molecule has 1 atom stereocenters. The predicted molar refractivity (Wildman–Crippen MR) is 115 cm³/mol. The molecule has 144 valence electrons. The molecule has 1 aliphatic rings. The maximum atomic E-state index is 13.1. The van der Waals surface area contributed by atoms with Crippen molar-refractivity contribution in [2.24, 2.45) is 0 Å². The van der Waals surface area contributed by atoms with E-state index in [1.54, 1.807) is 12.1 Å². The molecule has 1 saturated carbocycles. The van der Waals surface area contributed by atoms with Crippen LogP contribution in [-0.4, -0.2) is 0 Å². The van der Waals surface area contributed by atoms with Crippen LogP contribution in [0, 0.1) is 5.82 Å². The van der Waals surface area contributed by atoms with Crippen molar-refractivity contribution >= 4 is 0 Å². The van der Waals surface area contributed by atoms with E-state index in [1.807, 2.05) is 12.1 Å². The van der Waals surface area contributed by atoms with Gasteiger partial charge in [-0.15, -0.1) is 0 Å². The minimum atomic E-state index is -0.140. The highest BCUT2D eigenvalue weighted by atomic mass is 19.1. The van der Waals surface area contributed by atoms with E-state index in [1.165, 1.54) is 47.9 Å². The highest BCUT2D eigenvalue weighted by molar-refractivity contribution is 5.29. The van der Waals surface area contributed by atoms with E-state index in [2.05, 4.69) is 61.5 Å². The first-order chi connectivity index (χ1) is 13.7. The van der Waals surface area contributed by atoms with E-state index in [0.717, 1.165) is 6.42 Å². The van der Waals surface area contributed by atoms with Crippen LogP contribution in [0.1, 0.15) is 72.6 Å². The van der Waals surface area contributed by atoms with Crippen LogP contribution in [0.15, 0.2) is 78.9 Å². The first-order valence-electron chi connectivity index (χ1n) is 10.6. The van der Waals surface area contributed by atoms with Crippen molar-refractivity contribution in [3.8, 4) is 0 Å². The van der Waals surface area contributed by atoms with E-state index in [9.17, 15) is 4.39 Å². The molecule has 0 saturated heterocycles. The van der Waals surface area contributed by atoms with Gasteiger partial charge in [-0.3, -0.25) is 0 Å². The topological polar surface area (TPSA) is 0 Å². The Labute approximate surface area is 168 Å². The second-order valence-electron chi connectivity index (χ2n) is 8.36. The van der Waals surface area contributed by atoms with Crippen molar-refractivity contribution < 1.29 is 4.39 Å². The summed E-state index contributed by atoms with van der Waals surface area (Å²) < 4.78 is 13.1. The first kappa shape index (κ1) is 18.9. The molecule has 1 fully saturated rings. The largest absolute Gasteiger partial charge is 0.207 e. The summed E-state index contributed by atoms with van der Waals surface area (Å²) in [5, 5.41) is 0. The van der Waals surface area contributed by atoms with Gasteiger partial charge >= 0.3 is 0 Å². The van der Waals surface area contributed by atoms with Crippen LogP contribution in [0.4, 0.5) is 4.39 Å². The number of rotatable bonds is 5. The maximum absolute atomic E-state index is 13.1. The Hall–Kier alpha value is -2.41. The van der Waals surface area contributed by atoms with Crippen molar-refractivity contribution in [3.05, 3.63) is 107 Å². The maximum Gasteiger partial charge on any atom is 0.123 e. The van der Waals surface area contributed by atoms with Gasteiger partial charge in [0.1, 0.15) is 5.82 Å². The van der Waals surface area contributed by atoms with Crippen LogP contribution in [0.5, 0.6) is 0 Å². The fraction of sp³-hybridized carbons (Fsp3) is 0.333. The molecule has 0 unspecified atom stereocenters. The van der Waals surface area contributed by atoms with Crippen molar-refractivity contribution in [2.75, 3.05) is 0 Å². The molecule has 3 aromatic rings. The molecule has 0 radical (unpaired) electrons. The van der Waals surface area contributed by atoms with Crippen LogP contribution in [-0.2, 0) is 6.42 Å². The van der Waals surface area contributed by atoms with Gasteiger partial charge in [-0.25, -0.2) is 4.39 Å². The molecular formula is C27H29F. The van der Waals surface area contributed by atoms with Gasteiger partial charge in [-0.2, -0.15) is 0 Å². The van der Waals surface area contributed by atoms with Gasteiger partial charge in [0, 0.05) is 0 Å². The lowest BCUT2D eigenvalue weighted by Crippen LogP contribution is -2.12. The lowest BCUT2D eigenvalue weighted by atomic mass is 9.76. The normalized spacial score (nSPS) is 20.6. The molecular weight excluding hydrogens is 343 g/mol. The lowest BCUT2D eigenvalue weighted by molar-refractivity contribution is 0.396. The van der Waals surface area contributed by atoms with Gasteiger partial charge in [0.25, 0.3) is 0 Å². The van der Waals surface area contributed by atoms with Crippen molar-refractivity contribution in [1.29, 1.82) is 0 Å². The van der Waals surface area contributed by atoms with Gasteiger partial charge < -0.3 is 0 Å². The average Bonchev–Trinajstić information content (AvgIpc) is 2.76. The third kappa shape index (κ3) is 4.52. The van der Waals surface area contributed by atoms with Gasteiger partial charge in [-0.1, -0.05) is 73.7 Å². The summed E-state index contributed by atoms with van der Waals surface area (Å²) in [6, 6.07) is 27.2. The summed E-state index contributed by atoms with van der Waals surface area (Å²) in [5.74, 6) is 1.65. The standard InChI is InChI=1S/C27H29F/c1-20(22-5-3-2-4-6-22)19-21-7-9-23(10-8-21)24-11-13-25(14-12-24)26-15-17-27(28)18-16-26/h2-10,15-18,20,24-25H,11-14,19H2,1H3/t20-,24?,25?/m1/s1. The minimum Gasteiger partial charge on any atom is -0.207 e. The molecule has 0 bridgehead atoms. The summed E-state index contributed by atoms with van der Waals surface area (Å²) in [7, 11) is 0. The molecule has 0 spiro atoms. The molecule has 3 aromatic carbocycles. The third-order valence-corrected chi connectivity index (χ3v) is 6.43. The molecule has 0 heterocycles. The second-order valence-corrected chi connectivity index (χ2v) is 8.36. The molecule has 0 aliphatic heterocycles. The Balaban J connectivity index is 1.34. The zero-order valence-corrected chi connectivity index (χ0v) is 16.7. The molecule has 4 rings (SSSR count). The number of benzene rings is 3. The van der Waals surface area contributed by atoms with Crippen LogP contribution >= 0.6 is 0 Å². The summed E-state index contributed by atoms with van der Waals surface area (Å²) in [4.78, 5) is 0. The van der Waals surface area contributed by atoms with E-state index < -0.39 is 0 Å². The van der Waals surface area contributed by atoms with Gasteiger partial charge in [0.05, 0.1) is 0 Å². The summed E-state index contributed by atoms with van der Waals surface area (Å²) in [6.45, 7) is 2.31. The fourth-order valence-corrected chi connectivity index (χ4v) is 4.67. The highest BCUT2D eigenvalue weighted by Gasteiger charge is 2.23. The second kappa shape index (κ2) is 8.73. The van der Waals surface area contributed by atoms with Crippen LogP contribution in [0.2, 0.25) is 0 Å². The Morgan fingerprint density at radius 2 is 1.21 bits per heavy atom. The molecule has 0 nitrogen and oxygen atoms in total. The first-order valence-corrected chi connectivity index (χ1v) is 10.6. The lowest BCUT2D eigenvalue weighted by Gasteiger charge is -2.29. The summed E-state index contributed by atoms with van der Waals surface area (Å²) >= 11 is 0. The smallest absolute Gasteiger partial charge is 0.123 e. The minimum absolute atomic E-state index is 0.140. The van der Waals surface area contributed by atoms with E-state index in [-0.39, 0.29) is 5.82 Å². The van der Waals surface area contributed by atoms with Crippen LogP contribution < -0.4 is 0 Å². The van der Waals surface area contributed by atoms with Crippen LogP contribution in [0.3, 0.4) is 0 Å². The van der Waals surface area contributed by atoms with E-state index in [0.29, 0.717) is 17.8 Å². The average molecular weight is 373 g/mol. The quantitative estimate of drug-likeness (QED) is 0.432. The number of halogens is 1. The Bertz CT molecular complexity index is 856. The molecule has 1 heteroatoms. The van der Waals surface area contributed by atoms with Crippen molar-refractivity contribution in [3.63, 3.8) is 0 Å². The summed E-state index contributed by atoms with van der Waals surface area (Å²) in [6.07, 6.45) is 5.93. The van der Waals surface area contributed by atoms with Crippen LogP contribution in [0.25, 0.3) is 0 Å². The van der Waals surface area contributed by atoms with Gasteiger partial charge in [0.15, 0.2) is 0 Å². The molecule has 0 aromatic heterocycles. The van der Waals surface area contributed by atoms with E-state index >= 15 is 0 Å². The number of hydrogen-bond donors (Lipinski definition) is 0. The third-order valence-electron chi connectivity index (χ3n) is 6.43. The highest BCUT2D eigenvalue weighted by Crippen LogP contribution is 2.40. The van der Waals surface area contributed by atoms with Gasteiger partial charge in [-0.05, 0) is 84.2 Å². The van der Waals surface area contributed by atoms with Crippen molar-refractivity contribution in [1.82, 2.24) is 0 Å². The zero-order chi connectivity index (χ0) is 19.3. The van der Waals surface area contributed by atoms with E-state index in [4.69, 9.17) is 0 Å². The fourth-order valence-electron chi connectivity index (χ4n) is 4.67. The Morgan fingerprint density at radius 1 is 0.714 bits per heavy atom. The Morgan fingerprint density at radius 3 is 1.75 bits per heavy atom. The SMILES string of the molecule is C[C@H](Cc1ccc(C2CCC(c3ccc(F)cc3)CC2)cc1)c1ccccc1. The Kier molecular flexibility index (Phi) is 5.90. The molecule has 0 amide bonds. The predicted octanol–water partition coefficient (Wildman–Crippen LogP) is 7.61. The summed E-state index contributed by atoms with van der Waals surface area (Å²) in [5.41, 5.74) is 5.60. The molecule has 0 N–H and O–H groups in total. The molecule has 28 heavy (non-hydrogen) atoms.